The number of aromatic nitrogens is 3. The van der Waals surface area contributed by atoms with Gasteiger partial charge in [0.25, 0.3) is 0 Å². The van der Waals surface area contributed by atoms with Crippen molar-refractivity contribution in [2.75, 3.05) is 18.8 Å². The van der Waals surface area contributed by atoms with Crippen LogP contribution in [0.2, 0.25) is 5.02 Å². The maximum absolute atomic E-state index is 12.6. The molecule has 1 atom stereocenters. The zero-order chi connectivity index (χ0) is 17.2. The van der Waals surface area contributed by atoms with Crippen molar-refractivity contribution in [1.29, 1.82) is 0 Å². The predicted molar refractivity (Wildman–Crippen MR) is 89.2 cm³/mol. The summed E-state index contributed by atoms with van der Waals surface area (Å²) in [6.07, 6.45) is 3.14. The fraction of sp³-hybridized carbons (Fsp3) is 0.400. The number of halogens is 1. The van der Waals surface area contributed by atoms with Crippen LogP contribution in [0.1, 0.15) is 17.2 Å². The first-order chi connectivity index (χ1) is 11.5. The summed E-state index contributed by atoms with van der Waals surface area (Å²) >= 11 is 6.17. The number of hydrogen-bond acceptors (Lipinski definition) is 5. The van der Waals surface area contributed by atoms with Crippen LogP contribution in [0.3, 0.4) is 0 Å². The van der Waals surface area contributed by atoms with E-state index in [4.69, 9.17) is 11.6 Å². The highest BCUT2D eigenvalue weighted by atomic mass is 35.5. The third kappa shape index (κ3) is 3.59. The van der Waals surface area contributed by atoms with E-state index >= 15 is 0 Å². The van der Waals surface area contributed by atoms with Gasteiger partial charge in [0.15, 0.2) is 9.84 Å². The maximum atomic E-state index is 12.6. The summed E-state index contributed by atoms with van der Waals surface area (Å²) in [5.74, 6) is -0.248. The molecule has 1 unspecified atom stereocenters. The van der Waals surface area contributed by atoms with Crippen LogP contribution in [0.15, 0.2) is 36.9 Å². The van der Waals surface area contributed by atoms with Crippen molar-refractivity contribution in [1.82, 2.24) is 19.7 Å². The van der Waals surface area contributed by atoms with E-state index in [2.05, 4.69) is 10.1 Å². The summed E-state index contributed by atoms with van der Waals surface area (Å²) in [7, 11) is -3.38. The number of amides is 1. The summed E-state index contributed by atoms with van der Waals surface area (Å²) in [6.45, 7) is 0.594. The Balaban J connectivity index is 1.77. The summed E-state index contributed by atoms with van der Waals surface area (Å²) in [5.41, 5.74) is 0.602. The molecule has 1 aromatic carbocycles. The van der Waals surface area contributed by atoms with Crippen molar-refractivity contribution in [3.05, 3.63) is 47.5 Å². The van der Waals surface area contributed by atoms with Gasteiger partial charge in [-0.15, -0.1) is 0 Å². The van der Waals surface area contributed by atoms with Crippen LogP contribution in [-0.2, 0) is 21.2 Å². The Hall–Kier alpha value is -1.93. The van der Waals surface area contributed by atoms with Crippen LogP contribution >= 0.6 is 11.6 Å². The molecule has 1 saturated heterocycles. The van der Waals surface area contributed by atoms with Crippen LogP contribution < -0.4 is 0 Å². The maximum Gasteiger partial charge on any atom is 0.244 e. The molecule has 128 valence electrons. The van der Waals surface area contributed by atoms with E-state index in [9.17, 15) is 13.2 Å². The SMILES string of the molecule is O=C(Cn1cncn1)N1CCC(c2ccccc2Cl)S(=O)(=O)CC1. The molecule has 0 spiro atoms. The molecule has 1 aromatic heterocycles. The number of nitrogens with zero attached hydrogens (tertiary/aromatic N) is 4. The number of hydrogen-bond donors (Lipinski definition) is 0. The van der Waals surface area contributed by atoms with E-state index in [1.807, 2.05) is 0 Å². The highest BCUT2D eigenvalue weighted by Crippen LogP contribution is 2.33. The molecule has 9 heteroatoms. The lowest BCUT2D eigenvalue weighted by Gasteiger charge is -2.20. The molecule has 0 radical (unpaired) electrons. The molecule has 0 N–H and O–H groups in total. The summed E-state index contributed by atoms with van der Waals surface area (Å²) in [6, 6.07) is 6.96. The second-order valence-corrected chi connectivity index (χ2v) is 8.35. The van der Waals surface area contributed by atoms with Gasteiger partial charge in [-0.2, -0.15) is 5.10 Å². The molecule has 0 bridgehead atoms. The van der Waals surface area contributed by atoms with Crippen LogP contribution in [0.5, 0.6) is 0 Å². The smallest absolute Gasteiger partial charge is 0.244 e. The van der Waals surface area contributed by atoms with Gasteiger partial charge in [-0.3, -0.25) is 4.79 Å². The van der Waals surface area contributed by atoms with E-state index in [1.54, 1.807) is 29.2 Å². The van der Waals surface area contributed by atoms with Crippen LogP contribution in [0, 0.1) is 0 Å². The number of sulfone groups is 1. The van der Waals surface area contributed by atoms with Gasteiger partial charge in [0, 0.05) is 18.1 Å². The van der Waals surface area contributed by atoms with Crippen molar-refractivity contribution in [3.63, 3.8) is 0 Å². The largest absolute Gasteiger partial charge is 0.340 e. The minimum atomic E-state index is -3.38. The minimum Gasteiger partial charge on any atom is -0.340 e. The molecular formula is C15H17ClN4O3S. The van der Waals surface area contributed by atoms with Crippen molar-refractivity contribution < 1.29 is 13.2 Å². The van der Waals surface area contributed by atoms with E-state index in [-0.39, 0.29) is 24.7 Å². The Morgan fingerprint density at radius 1 is 1.29 bits per heavy atom. The molecular weight excluding hydrogens is 352 g/mol. The first-order valence-electron chi connectivity index (χ1n) is 7.53. The Kier molecular flexibility index (Phi) is 4.86. The van der Waals surface area contributed by atoms with Gasteiger partial charge in [0.05, 0.1) is 11.0 Å². The Morgan fingerprint density at radius 2 is 2.08 bits per heavy atom. The summed E-state index contributed by atoms with van der Waals surface area (Å²) < 4.78 is 26.7. The number of rotatable bonds is 3. The predicted octanol–water partition coefficient (Wildman–Crippen LogP) is 1.32. The third-order valence-corrected chi connectivity index (χ3v) is 6.56. The topological polar surface area (TPSA) is 85.2 Å². The van der Waals surface area contributed by atoms with Crippen molar-refractivity contribution in [3.8, 4) is 0 Å². The first kappa shape index (κ1) is 16.9. The first-order valence-corrected chi connectivity index (χ1v) is 9.63. The van der Waals surface area contributed by atoms with Gasteiger partial charge < -0.3 is 4.90 Å². The van der Waals surface area contributed by atoms with Crippen molar-refractivity contribution in [2.45, 2.75) is 18.2 Å². The number of carbonyl (C=O) groups is 1. The zero-order valence-electron chi connectivity index (χ0n) is 12.9. The molecule has 0 aliphatic carbocycles. The Morgan fingerprint density at radius 3 is 2.79 bits per heavy atom. The molecule has 1 aliphatic rings. The highest BCUT2D eigenvalue weighted by Gasteiger charge is 2.33. The van der Waals surface area contributed by atoms with Gasteiger partial charge in [-0.1, -0.05) is 29.8 Å². The van der Waals surface area contributed by atoms with E-state index in [0.29, 0.717) is 23.6 Å². The molecule has 0 saturated carbocycles. The zero-order valence-corrected chi connectivity index (χ0v) is 14.4. The van der Waals surface area contributed by atoms with Gasteiger partial charge in [-0.25, -0.2) is 18.1 Å². The standard InChI is InChI=1S/C15H17ClN4O3S/c16-13-4-2-1-3-12(13)14-5-6-19(7-8-24(14,22)23)15(21)9-20-11-17-10-18-20/h1-4,10-11,14H,5-9H2. The Labute approximate surface area is 145 Å². The van der Waals surface area contributed by atoms with Crippen LogP contribution in [-0.4, -0.2) is 52.8 Å². The van der Waals surface area contributed by atoms with Gasteiger partial charge in [0.2, 0.25) is 5.91 Å². The average molecular weight is 369 g/mol. The molecule has 1 aliphatic heterocycles. The lowest BCUT2D eigenvalue weighted by molar-refractivity contribution is -0.131. The number of benzene rings is 1. The van der Waals surface area contributed by atoms with Gasteiger partial charge in [0.1, 0.15) is 19.2 Å². The van der Waals surface area contributed by atoms with Crippen LogP contribution in [0.25, 0.3) is 0 Å². The second kappa shape index (κ2) is 6.90. The van der Waals surface area contributed by atoms with E-state index < -0.39 is 15.1 Å². The average Bonchev–Trinajstić information content (AvgIpc) is 2.98. The number of carbonyl (C=O) groups excluding carboxylic acids is 1. The van der Waals surface area contributed by atoms with Gasteiger partial charge in [-0.05, 0) is 18.1 Å². The van der Waals surface area contributed by atoms with E-state index in [0.717, 1.165) is 0 Å². The lowest BCUT2D eigenvalue weighted by Crippen LogP contribution is -2.36. The molecule has 1 fully saturated rings. The normalized spacial score (nSPS) is 20.5. The molecule has 2 aromatic rings. The molecule has 24 heavy (non-hydrogen) atoms. The van der Waals surface area contributed by atoms with Crippen molar-refractivity contribution in [2.24, 2.45) is 0 Å². The molecule has 1 amide bonds. The fourth-order valence-electron chi connectivity index (χ4n) is 2.83. The third-order valence-electron chi connectivity index (χ3n) is 4.11. The quantitative estimate of drug-likeness (QED) is 0.815. The Bertz CT molecular complexity index is 823. The lowest BCUT2D eigenvalue weighted by atomic mass is 10.1. The van der Waals surface area contributed by atoms with Gasteiger partial charge >= 0.3 is 0 Å². The molecule has 7 nitrogen and oxygen atoms in total. The second-order valence-electron chi connectivity index (χ2n) is 5.64. The highest BCUT2D eigenvalue weighted by molar-refractivity contribution is 7.91. The van der Waals surface area contributed by atoms with E-state index in [1.165, 1.54) is 17.3 Å². The molecule has 3 rings (SSSR count). The monoisotopic (exact) mass is 368 g/mol. The van der Waals surface area contributed by atoms with Crippen molar-refractivity contribution >= 4 is 27.3 Å². The fourth-order valence-corrected chi connectivity index (χ4v) is 4.98. The summed E-state index contributed by atoms with van der Waals surface area (Å²) in [5, 5.41) is 3.65. The minimum absolute atomic E-state index is 0.0524. The summed E-state index contributed by atoms with van der Waals surface area (Å²) in [4.78, 5) is 17.7. The molecule has 2 heterocycles. The van der Waals surface area contributed by atoms with Crippen LogP contribution in [0.4, 0.5) is 0 Å².